The van der Waals surface area contributed by atoms with Gasteiger partial charge in [0.25, 0.3) is 0 Å². The van der Waals surface area contributed by atoms with E-state index in [0.717, 1.165) is 5.56 Å². The van der Waals surface area contributed by atoms with E-state index < -0.39 is 0 Å². The molecule has 4 heteroatoms. The van der Waals surface area contributed by atoms with E-state index in [0.29, 0.717) is 19.5 Å². The Labute approximate surface area is 154 Å². The van der Waals surface area contributed by atoms with E-state index in [9.17, 15) is 9.59 Å². The van der Waals surface area contributed by atoms with Crippen LogP contribution in [0.3, 0.4) is 0 Å². The van der Waals surface area contributed by atoms with E-state index in [-0.39, 0.29) is 29.8 Å². The molecule has 2 aromatic rings. The van der Waals surface area contributed by atoms with Gasteiger partial charge in [-0.05, 0) is 16.7 Å². The lowest BCUT2D eigenvalue weighted by atomic mass is 9.75. The zero-order valence-electron chi connectivity index (χ0n) is 15.3. The molecule has 2 aliphatic rings. The standard InChI is InChI=1S/C22H24N2O2/c1-22(2)15-24-19(17-10-6-7-11-18(17)22)13-23(14-21(24)26)20(25)12-16-8-4-3-5-9-16/h3-11,19H,12-15H2,1-2H3. The maximum Gasteiger partial charge on any atom is 0.242 e. The Hall–Kier alpha value is -2.62. The van der Waals surface area contributed by atoms with Gasteiger partial charge in [-0.1, -0.05) is 68.4 Å². The highest BCUT2D eigenvalue weighted by molar-refractivity contribution is 5.87. The number of hydrogen-bond donors (Lipinski definition) is 0. The van der Waals surface area contributed by atoms with E-state index in [1.54, 1.807) is 4.90 Å². The van der Waals surface area contributed by atoms with Crippen LogP contribution in [0.2, 0.25) is 0 Å². The number of amides is 2. The van der Waals surface area contributed by atoms with Crippen LogP contribution >= 0.6 is 0 Å². The molecule has 2 heterocycles. The lowest BCUT2D eigenvalue weighted by Gasteiger charge is -2.49. The summed E-state index contributed by atoms with van der Waals surface area (Å²) < 4.78 is 0. The Balaban J connectivity index is 1.61. The van der Waals surface area contributed by atoms with Gasteiger partial charge in [0.05, 0.1) is 19.0 Å². The Morgan fingerprint density at radius 2 is 1.77 bits per heavy atom. The summed E-state index contributed by atoms with van der Waals surface area (Å²) in [4.78, 5) is 29.3. The minimum absolute atomic E-state index is 0.0199. The van der Waals surface area contributed by atoms with Gasteiger partial charge < -0.3 is 9.80 Å². The molecule has 0 spiro atoms. The summed E-state index contributed by atoms with van der Waals surface area (Å²) in [6.07, 6.45) is 0.341. The molecule has 1 atom stereocenters. The van der Waals surface area contributed by atoms with Crippen LogP contribution in [-0.4, -0.2) is 41.2 Å². The minimum atomic E-state index is -0.0705. The molecule has 0 aliphatic carbocycles. The SMILES string of the molecule is CC1(C)CN2C(=O)CN(C(=O)Cc3ccccc3)CC2c2ccccc21. The number of nitrogens with zero attached hydrogens (tertiary/aromatic N) is 2. The summed E-state index contributed by atoms with van der Waals surface area (Å²) in [5.74, 6) is 0.0664. The van der Waals surface area contributed by atoms with Crippen molar-refractivity contribution in [1.29, 1.82) is 0 Å². The number of benzene rings is 2. The first-order valence-electron chi connectivity index (χ1n) is 9.16. The van der Waals surface area contributed by atoms with Gasteiger partial charge >= 0.3 is 0 Å². The van der Waals surface area contributed by atoms with Crippen molar-refractivity contribution in [2.45, 2.75) is 31.7 Å². The van der Waals surface area contributed by atoms with Crippen molar-refractivity contribution in [1.82, 2.24) is 9.80 Å². The van der Waals surface area contributed by atoms with Gasteiger partial charge in [0.15, 0.2) is 0 Å². The van der Waals surface area contributed by atoms with E-state index in [1.165, 1.54) is 11.1 Å². The third-order valence-electron chi connectivity index (χ3n) is 5.58. The monoisotopic (exact) mass is 348 g/mol. The number of hydrogen-bond acceptors (Lipinski definition) is 2. The molecule has 4 rings (SSSR count). The Morgan fingerprint density at radius 3 is 2.54 bits per heavy atom. The molecule has 134 valence electrons. The number of piperazine rings is 1. The molecule has 1 saturated heterocycles. The lowest BCUT2D eigenvalue weighted by Crippen LogP contribution is -2.58. The van der Waals surface area contributed by atoms with Crippen molar-refractivity contribution in [3.05, 3.63) is 71.3 Å². The number of rotatable bonds is 2. The molecule has 26 heavy (non-hydrogen) atoms. The summed E-state index contributed by atoms with van der Waals surface area (Å²) in [7, 11) is 0. The summed E-state index contributed by atoms with van der Waals surface area (Å²) in [5.41, 5.74) is 3.37. The zero-order valence-corrected chi connectivity index (χ0v) is 15.3. The lowest BCUT2D eigenvalue weighted by molar-refractivity contribution is -0.150. The highest BCUT2D eigenvalue weighted by atomic mass is 16.2. The maximum absolute atomic E-state index is 12.8. The summed E-state index contributed by atoms with van der Waals surface area (Å²) in [5, 5.41) is 0. The third kappa shape index (κ3) is 2.90. The molecule has 2 aliphatic heterocycles. The van der Waals surface area contributed by atoms with Crippen LogP contribution in [0.15, 0.2) is 54.6 Å². The topological polar surface area (TPSA) is 40.6 Å². The number of carbonyl (C=O) groups excluding carboxylic acids is 2. The second-order valence-electron chi connectivity index (χ2n) is 7.95. The van der Waals surface area contributed by atoms with Crippen molar-refractivity contribution in [3.8, 4) is 0 Å². The smallest absolute Gasteiger partial charge is 0.242 e. The van der Waals surface area contributed by atoms with Gasteiger partial charge in [-0.25, -0.2) is 0 Å². The van der Waals surface area contributed by atoms with Gasteiger partial charge in [-0.3, -0.25) is 9.59 Å². The largest absolute Gasteiger partial charge is 0.331 e. The van der Waals surface area contributed by atoms with Crippen LogP contribution in [-0.2, 0) is 21.4 Å². The maximum atomic E-state index is 12.8. The molecular formula is C22H24N2O2. The first-order chi connectivity index (χ1) is 12.5. The molecule has 2 amide bonds. The van der Waals surface area contributed by atoms with E-state index in [1.807, 2.05) is 41.3 Å². The van der Waals surface area contributed by atoms with Crippen molar-refractivity contribution in [2.24, 2.45) is 0 Å². The number of fused-ring (bicyclic) bond motifs is 3. The Morgan fingerprint density at radius 1 is 1.08 bits per heavy atom. The third-order valence-corrected chi connectivity index (χ3v) is 5.58. The molecule has 4 nitrogen and oxygen atoms in total. The molecule has 0 aromatic heterocycles. The molecule has 1 fully saturated rings. The molecular weight excluding hydrogens is 324 g/mol. The zero-order chi connectivity index (χ0) is 18.3. The second kappa shape index (κ2) is 6.27. The fourth-order valence-corrected chi connectivity index (χ4v) is 4.25. The summed E-state index contributed by atoms with van der Waals surface area (Å²) in [6, 6.07) is 18.0. The normalized spacial score (nSPS) is 21.2. The molecule has 0 radical (unpaired) electrons. The van der Waals surface area contributed by atoms with E-state index in [4.69, 9.17) is 0 Å². The van der Waals surface area contributed by atoms with Crippen LogP contribution in [0.5, 0.6) is 0 Å². The van der Waals surface area contributed by atoms with Crippen molar-refractivity contribution >= 4 is 11.8 Å². The highest BCUT2D eigenvalue weighted by Crippen LogP contribution is 2.41. The molecule has 0 bridgehead atoms. The molecule has 2 aromatic carbocycles. The summed E-state index contributed by atoms with van der Waals surface area (Å²) in [6.45, 7) is 5.82. The molecule has 0 N–H and O–H groups in total. The van der Waals surface area contributed by atoms with E-state index >= 15 is 0 Å². The Kier molecular flexibility index (Phi) is 4.06. The van der Waals surface area contributed by atoms with Gasteiger partial charge in [0.1, 0.15) is 0 Å². The van der Waals surface area contributed by atoms with Gasteiger partial charge in [0.2, 0.25) is 11.8 Å². The predicted octanol–water partition coefficient (Wildman–Crippen LogP) is 2.93. The van der Waals surface area contributed by atoms with Crippen LogP contribution in [0.1, 0.15) is 36.6 Å². The van der Waals surface area contributed by atoms with Gasteiger partial charge in [-0.15, -0.1) is 0 Å². The second-order valence-corrected chi connectivity index (χ2v) is 7.95. The quantitative estimate of drug-likeness (QED) is 0.837. The fraction of sp³-hybridized carbons (Fsp3) is 0.364. The van der Waals surface area contributed by atoms with Crippen molar-refractivity contribution < 1.29 is 9.59 Å². The number of carbonyl (C=O) groups is 2. The average Bonchev–Trinajstić information content (AvgIpc) is 2.63. The van der Waals surface area contributed by atoms with Crippen LogP contribution in [0, 0.1) is 0 Å². The Bertz CT molecular complexity index is 844. The summed E-state index contributed by atoms with van der Waals surface area (Å²) >= 11 is 0. The van der Waals surface area contributed by atoms with Gasteiger partial charge in [0, 0.05) is 18.5 Å². The first kappa shape index (κ1) is 16.8. The van der Waals surface area contributed by atoms with Crippen LogP contribution in [0.4, 0.5) is 0 Å². The predicted molar refractivity (Wildman–Crippen MR) is 101 cm³/mol. The van der Waals surface area contributed by atoms with Gasteiger partial charge in [-0.2, -0.15) is 0 Å². The van der Waals surface area contributed by atoms with E-state index in [2.05, 4.69) is 32.0 Å². The van der Waals surface area contributed by atoms with Crippen molar-refractivity contribution in [3.63, 3.8) is 0 Å². The highest BCUT2D eigenvalue weighted by Gasteiger charge is 2.43. The van der Waals surface area contributed by atoms with Crippen molar-refractivity contribution in [2.75, 3.05) is 19.6 Å². The average molecular weight is 348 g/mol. The fourth-order valence-electron chi connectivity index (χ4n) is 4.25. The van der Waals surface area contributed by atoms with Crippen LogP contribution < -0.4 is 0 Å². The first-order valence-corrected chi connectivity index (χ1v) is 9.16. The molecule has 0 saturated carbocycles. The minimum Gasteiger partial charge on any atom is -0.331 e. The molecule has 1 unspecified atom stereocenters. The van der Waals surface area contributed by atoms with Crippen LogP contribution in [0.25, 0.3) is 0 Å².